The number of aromatic nitrogens is 2. The highest BCUT2D eigenvalue weighted by molar-refractivity contribution is 5.41. The Morgan fingerprint density at radius 1 is 1.21 bits per heavy atom. The molecule has 1 heterocycles. The van der Waals surface area contributed by atoms with E-state index in [0.29, 0.717) is 0 Å². The van der Waals surface area contributed by atoms with Gasteiger partial charge in [0, 0.05) is 19.3 Å². The van der Waals surface area contributed by atoms with Crippen LogP contribution in [0.25, 0.3) is 0 Å². The van der Waals surface area contributed by atoms with Crippen molar-refractivity contribution >= 4 is 5.69 Å². The number of halogens is 3. The molecule has 3 nitrogen and oxygen atoms in total. The molecule has 0 saturated heterocycles. The molecule has 1 unspecified atom stereocenters. The molecule has 19 heavy (non-hydrogen) atoms. The van der Waals surface area contributed by atoms with Crippen LogP contribution in [-0.2, 0) is 13.2 Å². The SMILES string of the molecule is CC(Nc1cnn(C)c1)c1ccc(C(F)(F)F)cc1. The Morgan fingerprint density at radius 3 is 2.32 bits per heavy atom. The fourth-order valence-electron chi connectivity index (χ4n) is 1.79. The van der Waals surface area contributed by atoms with Gasteiger partial charge in [-0.2, -0.15) is 18.3 Å². The van der Waals surface area contributed by atoms with E-state index in [1.165, 1.54) is 12.1 Å². The summed E-state index contributed by atoms with van der Waals surface area (Å²) in [4.78, 5) is 0. The van der Waals surface area contributed by atoms with Crippen molar-refractivity contribution in [3.8, 4) is 0 Å². The van der Waals surface area contributed by atoms with E-state index < -0.39 is 11.7 Å². The zero-order valence-electron chi connectivity index (χ0n) is 10.6. The van der Waals surface area contributed by atoms with Crippen LogP contribution in [0, 0.1) is 0 Å². The van der Waals surface area contributed by atoms with Gasteiger partial charge >= 0.3 is 6.18 Å². The summed E-state index contributed by atoms with van der Waals surface area (Å²) in [5.41, 5.74) is 0.983. The van der Waals surface area contributed by atoms with E-state index in [1.54, 1.807) is 24.1 Å². The standard InChI is InChI=1S/C13H14F3N3/c1-9(18-12-7-17-19(2)8-12)10-3-5-11(6-4-10)13(14,15)16/h3-9,18H,1-2H3. The number of alkyl halides is 3. The van der Waals surface area contributed by atoms with Gasteiger partial charge < -0.3 is 5.32 Å². The van der Waals surface area contributed by atoms with Crippen molar-refractivity contribution in [1.29, 1.82) is 0 Å². The van der Waals surface area contributed by atoms with Crippen molar-refractivity contribution < 1.29 is 13.2 Å². The molecule has 0 bridgehead atoms. The van der Waals surface area contributed by atoms with E-state index in [0.717, 1.165) is 23.4 Å². The predicted molar refractivity (Wildman–Crippen MR) is 66.7 cm³/mol. The number of nitrogens with one attached hydrogen (secondary N) is 1. The largest absolute Gasteiger partial charge is 0.416 e. The molecule has 2 aromatic rings. The lowest BCUT2D eigenvalue weighted by molar-refractivity contribution is -0.137. The van der Waals surface area contributed by atoms with Crippen LogP contribution in [0.2, 0.25) is 0 Å². The molecule has 0 spiro atoms. The normalized spacial score (nSPS) is 13.3. The van der Waals surface area contributed by atoms with Gasteiger partial charge in [0.25, 0.3) is 0 Å². The van der Waals surface area contributed by atoms with Crippen molar-refractivity contribution in [2.45, 2.75) is 19.1 Å². The molecule has 0 aliphatic rings. The quantitative estimate of drug-likeness (QED) is 0.922. The molecule has 1 atom stereocenters. The Bertz CT molecular complexity index is 543. The van der Waals surface area contributed by atoms with Crippen LogP contribution < -0.4 is 5.32 Å². The van der Waals surface area contributed by atoms with Gasteiger partial charge in [0.2, 0.25) is 0 Å². The summed E-state index contributed by atoms with van der Waals surface area (Å²) in [6.07, 6.45) is -0.820. The van der Waals surface area contributed by atoms with E-state index in [2.05, 4.69) is 10.4 Å². The van der Waals surface area contributed by atoms with Gasteiger partial charge in [0.15, 0.2) is 0 Å². The summed E-state index contributed by atoms with van der Waals surface area (Å²) in [7, 11) is 1.80. The number of hydrogen-bond acceptors (Lipinski definition) is 2. The predicted octanol–water partition coefficient (Wildman–Crippen LogP) is 3.61. The molecule has 0 amide bonds. The van der Waals surface area contributed by atoms with Crippen LogP contribution in [0.4, 0.5) is 18.9 Å². The molecule has 0 fully saturated rings. The third kappa shape index (κ3) is 3.27. The highest BCUT2D eigenvalue weighted by atomic mass is 19.4. The van der Waals surface area contributed by atoms with E-state index in [4.69, 9.17) is 0 Å². The smallest absolute Gasteiger partial charge is 0.376 e. The van der Waals surface area contributed by atoms with Crippen LogP contribution in [0.15, 0.2) is 36.7 Å². The van der Waals surface area contributed by atoms with Crippen LogP contribution >= 0.6 is 0 Å². The molecule has 6 heteroatoms. The van der Waals surface area contributed by atoms with Gasteiger partial charge in [-0.1, -0.05) is 12.1 Å². The molecule has 0 radical (unpaired) electrons. The minimum atomic E-state index is -4.29. The average molecular weight is 269 g/mol. The number of benzene rings is 1. The summed E-state index contributed by atoms with van der Waals surface area (Å²) < 4.78 is 39.0. The third-order valence-corrected chi connectivity index (χ3v) is 2.83. The Hall–Kier alpha value is -1.98. The number of aryl methyl sites for hydroxylation is 1. The molecule has 1 aromatic carbocycles. The maximum absolute atomic E-state index is 12.4. The van der Waals surface area contributed by atoms with Crippen molar-refractivity contribution in [2.24, 2.45) is 7.05 Å². The van der Waals surface area contributed by atoms with Crippen LogP contribution in [0.5, 0.6) is 0 Å². The second kappa shape index (κ2) is 4.95. The number of nitrogens with zero attached hydrogens (tertiary/aromatic N) is 2. The fraction of sp³-hybridized carbons (Fsp3) is 0.308. The zero-order chi connectivity index (χ0) is 14.0. The second-order valence-electron chi connectivity index (χ2n) is 4.39. The lowest BCUT2D eigenvalue weighted by Gasteiger charge is -2.15. The second-order valence-corrected chi connectivity index (χ2v) is 4.39. The van der Waals surface area contributed by atoms with Crippen molar-refractivity contribution in [3.63, 3.8) is 0 Å². The van der Waals surface area contributed by atoms with Gasteiger partial charge in [-0.05, 0) is 24.6 Å². The highest BCUT2D eigenvalue weighted by Gasteiger charge is 2.30. The first-order valence-electron chi connectivity index (χ1n) is 5.78. The topological polar surface area (TPSA) is 29.9 Å². The van der Waals surface area contributed by atoms with Crippen molar-refractivity contribution in [1.82, 2.24) is 9.78 Å². The number of anilines is 1. The molecule has 0 aliphatic carbocycles. The molecule has 2 rings (SSSR count). The summed E-state index contributed by atoms with van der Waals surface area (Å²) in [6.45, 7) is 1.88. The van der Waals surface area contributed by atoms with Gasteiger partial charge in [-0.25, -0.2) is 0 Å². The summed E-state index contributed by atoms with van der Waals surface area (Å²) >= 11 is 0. The fourth-order valence-corrected chi connectivity index (χ4v) is 1.79. The molecule has 1 N–H and O–H groups in total. The monoisotopic (exact) mass is 269 g/mol. The lowest BCUT2D eigenvalue weighted by atomic mass is 10.1. The first kappa shape index (κ1) is 13.5. The van der Waals surface area contributed by atoms with Crippen molar-refractivity contribution in [3.05, 3.63) is 47.8 Å². The van der Waals surface area contributed by atoms with Crippen LogP contribution in [0.1, 0.15) is 24.1 Å². The van der Waals surface area contributed by atoms with Gasteiger partial charge in [0.1, 0.15) is 0 Å². The summed E-state index contributed by atoms with van der Waals surface area (Å²) in [6, 6.07) is 5.06. The summed E-state index contributed by atoms with van der Waals surface area (Å²) in [5, 5.41) is 7.19. The van der Waals surface area contributed by atoms with Crippen LogP contribution in [-0.4, -0.2) is 9.78 Å². The van der Waals surface area contributed by atoms with Crippen LogP contribution in [0.3, 0.4) is 0 Å². The first-order valence-corrected chi connectivity index (χ1v) is 5.78. The minimum Gasteiger partial charge on any atom is -0.376 e. The van der Waals surface area contributed by atoms with Gasteiger partial charge in [-0.15, -0.1) is 0 Å². The van der Waals surface area contributed by atoms with E-state index in [9.17, 15) is 13.2 Å². The average Bonchev–Trinajstić information content (AvgIpc) is 2.74. The maximum atomic E-state index is 12.4. The van der Waals surface area contributed by atoms with Crippen molar-refractivity contribution in [2.75, 3.05) is 5.32 Å². The molecule has 1 aromatic heterocycles. The Morgan fingerprint density at radius 2 is 1.84 bits per heavy atom. The minimum absolute atomic E-state index is 0.0912. The number of hydrogen-bond donors (Lipinski definition) is 1. The molecular weight excluding hydrogens is 255 g/mol. The molecule has 102 valence electrons. The van der Waals surface area contributed by atoms with Gasteiger partial charge in [0.05, 0.1) is 17.4 Å². The van der Waals surface area contributed by atoms with Gasteiger partial charge in [-0.3, -0.25) is 4.68 Å². The highest BCUT2D eigenvalue weighted by Crippen LogP contribution is 2.30. The molecule has 0 saturated carbocycles. The zero-order valence-corrected chi connectivity index (χ0v) is 10.6. The lowest BCUT2D eigenvalue weighted by Crippen LogP contribution is -2.08. The molecular formula is C13H14F3N3. The Balaban J connectivity index is 2.09. The van der Waals surface area contributed by atoms with E-state index in [1.807, 2.05) is 6.92 Å². The Labute approximate surface area is 109 Å². The first-order chi connectivity index (χ1) is 8.86. The Kier molecular flexibility index (Phi) is 3.50. The summed E-state index contributed by atoms with van der Waals surface area (Å²) in [5.74, 6) is 0. The molecule has 0 aliphatic heterocycles. The third-order valence-electron chi connectivity index (χ3n) is 2.83. The van der Waals surface area contributed by atoms with E-state index in [-0.39, 0.29) is 6.04 Å². The van der Waals surface area contributed by atoms with E-state index >= 15 is 0 Å². The maximum Gasteiger partial charge on any atom is 0.416 e. The number of rotatable bonds is 3.